The maximum atomic E-state index is 11.8. The molecule has 3 rings (SSSR count). The zero-order valence-electron chi connectivity index (χ0n) is 19.8. The van der Waals surface area contributed by atoms with Crippen molar-refractivity contribution in [2.24, 2.45) is 0 Å². The van der Waals surface area contributed by atoms with Crippen LogP contribution in [-0.4, -0.2) is 59.5 Å². The van der Waals surface area contributed by atoms with Crippen LogP contribution in [0.5, 0.6) is 23.0 Å². The van der Waals surface area contributed by atoms with Gasteiger partial charge < -0.3 is 23.7 Å². The summed E-state index contributed by atoms with van der Waals surface area (Å²) in [5.74, 6) is 2.65. The lowest BCUT2D eigenvalue weighted by Crippen LogP contribution is -2.42. The summed E-state index contributed by atoms with van der Waals surface area (Å²) in [6.07, 6.45) is 2.70. The van der Waals surface area contributed by atoms with E-state index >= 15 is 0 Å². The topological polar surface area (TPSA) is 66.5 Å². The fourth-order valence-corrected chi connectivity index (χ4v) is 4.47. The molecule has 2 atom stereocenters. The molecule has 0 spiro atoms. The van der Waals surface area contributed by atoms with Crippen molar-refractivity contribution >= 4 is 5.97 Å². The van der Waals surface area contributed by atoms with Crippen LogP contribution in [-0.2, 0) is 22.4 Å². The van der Waals surface area contributed by atoms with Crippen molar-refractivity contribution in [3.8, 4) is 23.0 Å². The predicted molar refractivity (Wildman–Crippen MR) is 122 cm³/mol. The number of ether oxygens (including phenoxy) is 5. The molecule has 0 saturated heterocycles. The van der Waals surface area contributed by atoms with Gasteiger partial charge in [0.2, 0.25) is 0 Å². The van der Waals surface area contributed by atoms with Gasteiger partial charge in [-0.25, -0.2) is 0 Å². The van der Waals surface area contributed by atoms with Crippen molar-refractivity contribution in [2.45, 2.75) is 37.8 Å². The molecule has 2 aromatic rings. The van der Waals surface area contributed by atoms with Crippen LogP contribution in [0.25, 0.3) is 0 Å². The van der Waals surface area contributed by atoms with Crippen molar-refractivity contribution < 1.29 is 28.5 Å². The Balaban J connectivity index is 1.99. The Morgan fingerprint density at radius 1 is 0.906 bits per heavy atom. The fourth-order valence-electron chi connectivity index (χ4n) is 4.47. The molecule has 0 amide bonds. The molecule has 0 aliphatic carbocycles. The highest BCUT2D eigenvalue weighted by molar-refractivity contribution is 5.69. The Morgan fingerprint density at radius 2 is 1.53 bits per heavy atom. The number of fused-ring (bicyclic) bond motifs is 1. The van der Waals surface area contributed by atoms with Crippen LogP contribution in [0.4, 0.5) is 0 Å². The molecular formula is C25H33NO6. The summed E-state index contributed by atoms with van der Waals surface area (Å²) in [4.78, 5) is 14.1. The number of hydrogen-bond donors (Lipinski definition) is 0. The maximum Gasteiger partial charge on any atom is 0.305 e. The summed E-state index contributed by atoms with van der Waals surface area (Å²) < 4.78 is 26.9. The van der Waals surface area contributed by atoms with Crippen molar-refractivity contribution in [3.05, 3.63) is 47.0 Å². The standard InChI is InChI=1S/C25H33NO6/c1-26-18(8-10-25(27)32-6)13-17-14-23(30-4)24(31-5)15-19(17)20(26)11-16-7-9-21(28-2)22(12-16)29-3/h7,9,12,14-15,18,20H,8,10-11,13H2,1-6H3/t18-,20-/m1/s1. The highest BCUT2D eigenvalue weighted by atomic mass is 16.5. The van der Waals surface area contributed by atoms with Crippen LogP contribution < -0.4 is 18.9 Å². The number of carbonyl (C=O) groups is 1. The summed E-state index contributed by atoms with van der Waals surface area (Å²) in [7, 11) is 10.1. The van der Waals surface area contributed by atoms with E-state index in [1.54, 1.807) is 28.4 Å². The number of esters is 1. The molecule has 32 heavy (non-hydrogen) atoms. The third-order valence-corrected chi connectivity index (χ3v) is 6.31. The number of benzene rings is 2. The molecule has 0 bridgehead atoms. The van der Waals surface area contributed by atoms with E-state index in [-0.39, 0.29) is 18.1 Å². The molecule has 0 saturated carbocycles. The van der Waals surface area contributed by atoms with Crippen molar-refractivity contribution in [3.63, 3.8) is 0 Å². The van der Waals surface area contributed by atoms with Gasteiger partial charge in [0.05, 0.1) is 35.5 Å². The predicted octanol–water partition coefficient (Wildman–Crippen LogP) is 3.81. The lowest BCUT2D eigenvalue weighted by molar-refractivity contribution is -0.141. The van der Waals surface area contributed by atoms with E-state index in [0.29, 0.717) is 29.4 Å². The molecule has 0 fully saturated rings. The highest BCUT2D eigenvalue weighted by Crippen LogP contribution is 2.42. The molecule has 1 aliphatic rings. The van der Waals surface area contributed by atoms with Gasteiger partial charge in [-0.3, -0.25) is 9.69 Å². The summed E-state index contributed by atoms with van der Waals surface area (Å²) in [6, 6.07) is 10.4. The Labute approximate surface area is 190 Å². The van der Waals surface area contributed by atoms with Gasteiger partial charge in [-0.05, 0) is 67.3 Å². The molecule has 174 valence electrons. The van der Waals surface area contributed by atoms with Crippen LogP contribution in [0.1, 0.15) is 35.6 Å². The first-order valence-electron chi connectivity index (χ1n) is 10.7. The highest BCUT2D eigenvalue weighted by Gasteiger charge is 2.33. The van der Waals surface area contributed by atoms with Gasteiger partial charge in [-0.1, -0.05) is 6.07 Å². The molecule has 7 heteroatoms. The Hall–Kier alpha value is -2.93. The number of carbonyl (C=O) groups excluding carboxylic acids is 1. The van der Waals surface area contributed by atoms with Gasteiger partial charge in [0.25, 0.3) is 0 Å². The summed E-state index contributed by atoms with van der Waals surface area (Å²) in [5, 5.41) is 0. The first kappa shape index (κ1) is 23.7. The molecule has 1 heterocycles. The van der Waals surface area contributed by atoms with Crippen LogP contribution in [0.15, 0.2) is 30.3 Å². The van der Waals surface area contributed by atoms with Gasteiger partial charge in [0.15, 0.2) is 23.0 Å². The molecule has 0 N–H and O–H groups in total. The molecule has 1 aliphatic heterocycles. The van der Waals surface area contributed by atoms with Crippen molar-refractivity contribution in [2.75, 3.05) is 42.6 Å². The second-order valence-electron chi connectivity index (χ2n) is 7.95. The number of methoxy groups -OCH3 is 5. The van der Waals surface area contributed by atoms with Crippen LogP contribution in [0, 0.1) is 0 Å². The molecule has 7 nitrogen and oxygen atoms in total. The fraction of sp³-hybridized carbons (Fsp3) is 0.480. The van der Waals surface area contributed by atoms with Gasteiger partial charge >= 0.3 is 5.97 Å². The summed E-state index contributed by atoms with van der Waals surface area (Å²) in [5.41, 5.74) is 3.55. The molecule has 0 radical (unpaired) electrons. The Kier molecular flexibility index (Phi) is 7.85. The largest absolute Gasteiger partial charge is 0.493 e. The summed E-state index contributed by atoms with van der Waals surface area (Å²) in [6.45, 7) is 0. The van der Waals surface area contributed by atoms with Crippen molar-refractivity contribution in [1.29, 1.82) is 0 Å². The minimum absolute atomic E-state index is 0.0966. The van der Waals surface area contributed by atoms with Crippen LogP contribution >= 0.6 is 0 Å². The third-order valence-electron chi connectivity index (χ3n) is 6.31. The Morgan fingerprint density at radius 3 is 2.16 bits per heavy atom. The van der Waals surface area contributed by atoms with Gasteiger partial charge in [-0.2, -0.15) is 0 Å². The maximum absolute atomic E-state index is 11.8. The van der Waals surface area contributed by atoms with E-state index in [9.17, 15) is 4.79 Å². The molecule has 2 aromatic carbocycles. The van der Waals surface area contributed by atoms with E-state index in [1.165, 1.54) is 18.2 Å². The van der Waals surface area contributed by atoms with Crippen LogP contribution in [0.2, 0.25) is 0 Å². The minimum Gasteiger partial charge on any atom is -0.493 e. The first-order chi connectivity index (χ1) is 15.4. The smallest absolute Gasteiger partial charge is 0.305 e. The van der Waals surface area contributed by atoms with Gasteiger partial charge in [0.1, 0.15) is 0 Å². The molecular weight excluding hydrogens is 410 g/mol. The van der Waals surface area contributed by atoms with Gasteiger partial charge in [0, 0.05) is 18.5 Å². The van der Waals surface area contributed by atoms with Crippen molar-refractivity contribution in [1.82, 2.24) is 4.90 Å². The second kappa shape index (κ2) is 10.6. The number of likely N-dealkylation sites (N-methyl/N-ethyl adjacent to an activating group) is 1. The molecule has 0 unspecified atom stereocenters. The van der Waals surface area contributed by atoms with E-state index < -0.39 is 0 Å². The Bertz CT molecular complexity index is 944. The quantitative estimate of drug-likeness (QED) is 0.546. The zero-order valence-corrected chi connectivity index (χ0v) is 19.8. The average Bonchev–Trinajstić information content (AvgIpc) is 2.83. The third kappa shape index (κ3) is 4.93. The van der Waals surface area contributed by atoms with Crippen LogP contribution in [0.3, 0.4) is 0 Å². The lowest BCUT2D eigenvalue weighted by atomic mass is 9.84. The van der Waals surface area contributed by atoms with E-state index in [4.69, 9.17) is 23.7 Å². The monoisotopic (exact) mass is 443 g/mol. The van der Waals surface area contributed by atoms with E-state index in [1.807, 2.05) is 12.1 Å². The average molecular weight is 444 g/mol. The van der Waals surface area contributed by atoms with E-state index in [2.05, 4.69) is 30.1 Å². The first-order valence-corrected chi connectivity index (χ1v) is 10.7. The van der Waals surface area contributed by atoms with E-state index in [0.717, 1.165) is 24.8 Å². The lowest BCUT2D eigenvalue weighted by Gasteiger charge is -2.41. The SMILES string of the molecule is COC(=O)CC[C@@H]1Cc2cc(OC)c(OC)cc2[C@@H](Cc2ccc(OC)c(OC)c2)N1C. The number of rotatable bonds is 9. The minimum atomic E-state index is -0.187. The second-order valence-corrected chi connectivity index (χ2v) is 7.95. The normalized spacial score (nSPS) is 17.9. The zero-order chi connectivity index (χ0) is 23.3. The van der Waals surface area contributed by atoms with Gasteiger partial charge in [-0.15, -0.1) is 0 Å². The molecule has 0 aromatic heterocycles. The number of hydrogen-bond acceptors (Lipinski definition) is 7. The number of nitrogens with zero attached hydrogens (tertiary/aromatic N) is 1. The summed E-state index contributed by atoms with van der Waals surface area (Å²) >= 11 is 0.